The van der Waals surface area contributed by atoms with Gasteiger partial charge in [0.1, 0.15) is 5.69 Å². The summed E-state index contributed by atoms with van der Waals surface area (Å²) in [7, 11) is 1.77. The van der Waals surface area contributed by atoms with Crippen molar-refractivity contribution in [3.63, 3.8) is 0 Å². The Hall–Kier alpha value is -2.43. The molecule has 0 amide bonds. The van der Waals surface area contributed by atoms with Crippen LogP contribution in [0.1, 0.15) is 0 Å². The van der Waals surface area contributed by atoms with E-state index in [2.05, 4.69) is 15.3 Å². The molecule has 0 fully saturated rings. The van der Waals surface area contributed by atoms with Crippen molar-refractivity contribution in [1.29, 1.82) is 0 Å². The summed E-state index contributed by atoms with van der Waals surface area (Å²) >= 11 is 0. The van der Waals surface area contributed by atoms with Crippen LogP contribution in [0.15, 0.2) is 41.3 Å². The number of hydrogen-bond acceptors (Lipinski definition) is 3. The van der Waals surface area contributed by atoms with Crippen LogP contribution in [0.2, 0.25) is 0 Å². The van der Waals surface area contributed by atoms with Crippen molar-refractivity contribution >= 4 is 11.0 Å². The first-order valence-electron chi connectivity index (χ1n) is 5.23. The van der Waals surface area contributed by atoms with Crippen LogP contribution in [0.25, 0.3) is 22.3 Å². The molecule has 0 saturated carbocycles. The van der Waals surface area contributed by atoms with Gasteiger partial charge in [0.2, 0.25) is 5.43 Å². The van der Waals surface area contributed by atoms with Gasteiger partial charge in [0, 0.05) is 18.8 Å². The van der Waals surface area contributed by atoms with Gasteiger partial charge in [-0.3, -0.25) is 14.6 Å². The van der Waals surface area contributed by atoms with Crippen molar-refractivity contribution < 1.29 is 0 Å². The third-order valence-electron chi connectivity index (χ3n) is 2.61. The molecule has 5 heteroatoms. The number of aromatic nitrogens is 4. The fourth-order valence-corrected chi connectivity index (χ4v) is 1.82. The summed E-state index contributed by atoms with van der Waals surface area (Å²) in [5.74, 6) is 0. The van der Waals surface area contributed by atoms with E-state index in [1.165, 1.54) is 0 Å². The van der Waals surface area contributed by atoms with Crippen LogP contribution in [0, 0.1) is 0 Å². The van der Waals surface area contributed by atoms with E-state index in [1.54, 1.807) is 17.9 Å². The summed E-state index contributed by atoms with van der Waals surface area (Å²) in [5.41, 5.74) is 1.64. The third kappa shape index (κ3) is 1.52. The molecule has 2 heterocycles. The van der Waals surface area contributed by atoms with Crippen LogP contribution in [0.5, 0.6) is 0 Å². The Kier molecular flexibility index (Phi) is 2.04. The molecule has 0 aliphatic heterocycles. The Labute approximate surface area is 96.7 Å². The maximum absolute atomic E-state index is 12.2. The highest BCUT2D eigenvalue weighted by Crippen LogP contribution is 2.13. The minimum absolute atomic E-state index is 0.0990. The first-order chi connectivity index (χ1) is 8.25. The number of rotatable bonds is 1. The first kappa shape index (κ1) is 9.77. The molecule has 1 aromatic carbocycles. The molecule has 0 atom stereocenters. The molecule has 0 spiro atoms. The number of fused-ring (bicyclic) bond motifs is 1. The fraction of sp³-hybridized carbons (Fsp3) is 0.0833. The lowest BCUT2D eigenvalue weighted by Gasteiger charge is -1.98. The molecule has 0 aliphatic carbocycles. The number of aryl methyl sites for hydroxylation is 1. The van der Waals surface area contributed by atoms with Crippen LogP contribution in [0.3, 0.4) is 0 Å². The van der Waals surface area contributed by atoms with Crippen LogP contribution in [0.4, 0.5) is 0 Å². The lowest BCUT2D eigenvalue weighted by Crippen LogP contribution is -2.08. The summed E-state index contributed by atoms with van der Waals surface area (Å²) in [5, 5.41) is 11.5. The van der Waals surface area contributed by atoms with Gasteiger partial charge >= 0.3 is 0 Å². The Balaban J connectivity index is 2.32. The van der Waals surface area contributed by atoms with Gasteiger partial charge in [-0.2, -0.15) is 10.2 Å². The van der Waals surface area contributed by atoms with Gasteiger partial charge in [-0.25, -0.2) is 0 Å². The summed E-state index contributed by atoms with van der Waals surface area (Å²) in [6, 6.07) is 9.38. The highest BCUT2D eigenvalue weighted by molar-refractivity contribution is 5.78. The molecule has 0 bridgehead atoms. The first-order valence-corrected chi connectivity index (χ1v) is 5.23. The molecule has 0 saturated heterocycles. The third-order valence-corrected chi connectivity index (χ3v) is 2.61. The van der Waals surface area contributed by atoms with Gasteiger partial charge in [-0.05, 0) is 0 Å². The average molecular weight is 226 g/mol. The highest BCUT2D eigenvalue weighted by atomic mass is 16.1. The van der Waals surface area contributed by atoms with E-state index in [1.807, 2.05) is 30.3 Å². The predicted octanol–water partition coefficient (Wildman–Crippen LogP) is 1.32. The van der Waals surface area contributed by atoms with Crippen LogP contribution in [-0.2, 0) is 7.05 Å². The monoisotopic (exact) mass is 226 g/mol. The molecule has 0 radical (unpaired) electrons. The molecule has 0 unspecified atom stereocenters. The zero-order valence-electron chi connectivity index (χ0n) is 9.21. The lowest BCUT2D eigenvalue weighted by molar-refractivity contribution is 0.773. The van der Waals surface area contributed by atoms with Crippen LogP contribution in [-0.4, -0.2) is 20.0 Å². The van der Waals surface area contributed by atoms with E-state index in [-0.39, 0.29) is 5.43 Å². The number of benzene rings is 1. The Morgan fingerprint density at radius 2 is 2.00 bits per heavy atom. The summed E-state index contributed by atoms with van der Waals surface area (Å²) in [6.45, 7) is 0. The molecule has 84 valence electrons. The normalized spacial score (nSPS) is 10.9. The predicted molar refractivity (Wildman–Crippen MR) is 64.6 cm³/mol. The largest absolute Gasteiger partial charge is 0.287 e. The molecular formula is C12H10N4O. The molecule has 5 nitrogen and oxygen atoms in total. The maximum Gasteiger partial charge on any atom is 0.219 e. The summed E-state index contributed by atoms with van der Waals surface area (Å²) in [4.78, 5) is 12.2. The van der Waals surface area contributed by atoms with Crippen molar-refractivity contribution in [2.75, 3.05) is 0 Å². The quantitative estimate of drug-likeness (QED) is 0.680. The van der Waals surface area contributed by atoms with Gasteiger partial charge < -0.3 is 0 Å². The smallest absolute Gasteiger partial charge is 0.219 e. The van der Waals surface area contributed by atoms with Gasteiger partial charge in [-0.15, -0.1) is 0 Å². The fourth-order valence-electron chi connectivity index (χ4n) is 1.82. The van der Waals surface area contributed by atoms with Crippen molar-refractivity contribution in [1.82, 2.24) is 20.0 Å². The van der Waals surface area contributed by atoms with Crippen molar-refractivity contribution in [2.24, 2.45) is 7.05 Å². The van der Waals surface area contributed by atoms with E-state index in [9.17, 15) is 4.79 Å². The second kappa shape index (κ2) is 3.55. The van der Waals surface area contributed by atoms with E-state index >= 15 is 0 Å². The minimum Gasteiger partial charge on any atom is -0.287 e. The summed E-state index contributed by atoms with van der Waals surface area (Å²) < 4.78 is 1.60. The molecule has 2 aromatic heterocycles. The molecule has 0 aliphatic rings. The van der Waals surface area contributed by atoms with Gasteiger partial charge in [0.05, 0.1) is 5.39 Å². The number of hydrogen-bond donors (Lipinski definition) is 1. The minimum atomic E-state index is -0.0990. The van der Waals surface area contributed by atoms with E-state index < -0.39 is 0 Å². The van der Waals surface area contributed by atoms with E-state index in [4.69, 9.17) is 0 Å². The van der Waals surface area contributed by atoms with E-state index in [0.717, 1.165) is 5.56 Å². The number of aromatic amines is 1. The summed E-state index contributed by atoms with van der Waals surface area (Å²) in [6.07, 6.45) is 1.70. The zero-order chi connectivity index (χ0) is 11.8. The molecule has 17 heavy (non-hydrogen) atoms. The maximum atomic E-state index is 12.2. The number of nitrogens with one attached hydrogen (secondary N) is 1. The molecule has 1 N–H and O–H groups in total. The molecule has 3 aromatic rings. The Morgan fingerprint density at radius 1 is 1.24 bits per heavy atom. The van der Waals surface area contributed by atoms with Crippen LogP contribution >= 0.6 is 0 Å². The molecule has 3 rings (SSSR count). The SMILES string of the molecule is Cn1cc2c(=O)c(-c3ccccc3)n[nH]c2n1. The average Bonchev–Trinajstić information content (AvgIpc) is 2.72. The second-order valence-electron chi connectivity index (χ2n) is 3.83. The van der Waals surface area contributed by atoms with Crippen LogP contribution < -0.4 is 5.43 Å². The van der Waals surface area contributed by atoms with Crippen molar-refractivity contribution in [3.8, 4) is 11.3 Å². The van der Waals surface area contributed by atoms with Gasteiger partial charge in [0.25, 0.3) is 0 Å². The highest BCUT2D eigenvalue weighted by Gasteiger charge is 2.10. The Morgan fingerprint density at radius 3 is 2.76 bits per heavy atom. The van der Waals surface area contributed by atoms with Crippen molar-refractivity contribution in [2.45, 2.75) is 0 Å². The van der Waals surface area contributed by atoms with Crippen molar-refractivity contribution in [3.05, 3.63) is 46.8 Å². The topological polar surface area (TPSA) is 63.6 Å². The Bertz CT molecular complexity index is 727. The van der Waals surface area contributed by atoms with E-state index in [0.29, 0.717) is 16.7 Å². The number of H-pyrrole nitrogens is 1. The standard InChI is InChI=1S/C12H10N4O/c1-16-7-9-11(17)10(13-14-12(9)15-16)8-5-3-2-4-6-8/h2-7H,1H3,(H,14,15). The lowest BCUT2D eigenvalue weighted by atomic mass is 10.1. The number of nitrogens with zero attached hydrogens (tertiary/aromatic N) is 3. The van der Waals surface area contributed by atoms with Gasteiger partial charge in [-0.1, -0.05) is 30.3 Å². The second-order valence-corrected chi connectivity index (χ2v) is 3.83. The molecular weight excluding hydrogens is 216 g/mol. The zero-order valence-corrected chi connectivity index (χ0v) is 9.21. The van der Waals surface area contributed by atoms with Gasteiger partial charge in [0.15, 0.2) is 5.65 Å².